The van der Waals surface area contributed by atoms with Crippen LogP contribution in [0.3, 0.4) is 0 Å². The molecule has 4 aromatic rings. The monoisotopic (exact) mass is 440 g/mol. The van der Waals surface area contributed by atoms with Crippen molar-refractivity contribution in [2.45, 2.75) is 12.8 Å². The van der Waals surface area contributed by atoms with E-state index in [9.17, 15) is 9.59 Å². The van der Waals surface area contributed by atoms with Crippen molar-refractivity contribution in [3.8, 4) is 33.9 Å². The Hall–Kier alpha value is -4.19. The van der Waals surface area contributed by atoms with Crippen molar-refractivity contribution < 1.29 is 14.3 Å². The molecule has 6 nitrogen and oxygen atoms in total. The molecule has 0 unspecified atom stereocenters. The Morgan fingerprint density at radius 2 is 1.61 bits per heavy atom. The van der Waals surface area contributed by atoms with Crippen LogP contribution in [-0.4, -0.2) is 22.9 Å². The number of carbonyl (C=O) groups is 1. The van der Waals surface area contributed by atoms with Gasteiger partial charge in [0.2, 0.25) is 0 Å². The molecule has 4 rings (SSSR count). The zero-order valence-corrected chi connectivity index (χ0v) is 18.5. The van der Waals surface area contributed by atoms with Gasteiger partial charge >= 0.3 is 5.97 Å². The van der Waals surface area contributed by atoms with Crippen molar-refractivity contribution in [3.63, 3.8) is 0 Å². The van der Waals surface area contributed by atoms with E-state index in [-0.39, 0.29) is 11.5 Å². The standard InChI is InChI=1S/C27H24N2O4/c1-29-25(30)18-23(20-15-12-19(13-16-20)14-17-26(31)32-2)27(28-29)22-10-6-7-11-24(22)33-21-8-4-3-5-9-21/h3-13,15-16,18H,14,17H2,1-2H3. The summed E-state index contributed by atoms with van der Waals surface area (Å²) in [5.41, 5.74) is 3.79. The molecule has 0 saturated carbocycles. The minimum absolute atomic E-state index is 0.204. The van der Waals surface area contributed by atoms with Crippen molar-refractivity contribution in [2.24, 2.45) is 7.05 Å². The van der Waals surface area contributed by atoms with Crippen molar-refractivity contribution in [3.05, 3.63) is 101 Å². The number of hydrogen-bond acceptors (Lipinski definition) is 5. The molecule has 166 valence electrons. The van der Waals surface area contributed by atoms with Crippen LogP contribution in [0.1, 0.15) is 12.0 Å². The van der Waals surface area contributed by atoms with Gasteiger partial charge in [-0.3, -0.25) is 9.59 Å². The minimum Gasteiger partial charge on any atom is -0.469 e. The van der Waals surface area contributed by atoms with Crippen molar-refractivity contribution in [2.75, 3.05) is 7.11 Å². The molecular formula is C27H24N2O4. The van der Waals surface area contributed by atoms with E-state index >= 15 is 0 Å². The number of carbonyl (C=O) groups excluding carboxylic acids is 1. The van der Waals surface area contributed by atoms with Gasteiger partial charge in [-0.1, -0.05) is 54.6 Å². The number of methoxy groups -OCH3 is 1. The molecule has 0 aliphatic carbocycles. The third-order valence-corrected chi connectivity index (χ3v) is 5.32. The molecule has 0 bridgehead atoms. The number of rotatable bonds is 7. The Morgan fingerprint density at radius 1 is 0.909 bits per heavy atom. The fraction of sp³-hybridized carbons (Fsp3) is 0.148. The van der Waals surface area contributed by atoms with Gasteiger partial charge in [-0.25, -0.2) is 4.68 Å². The molecule has 0 spiro atoms. The molecule has 0 amide bonds. The van der Waals surface area contributed by atoms with E-state index in [0.717, 1.165) is 16.7 Å². The quantitative estimate of drug-likeness (QED) is 0.378. The highest BCUT2D eigenvalue weighted by Gasteiger charge is 2.16. The normalized spacial score (nSPS) is 10.6. The van der Waals surface area contributed by atoms with Gasteiger partial charge in [0, 0.05) is 30.7 Å². The highest BCUT2D eigenvalue weighted by atomic mass is 16.5. The van der Waals surface area contributed by atoms with E-state index in [2.05, 4.69) is 5.10 Å². The van der Waals surface area contributed by atoms with E-state index in [1.807, 2.05) is 78.9 Å². The number of aromatic nitrogens is 2. The Balaban J connectivity index is 1.74. The fourth-order valence-electron chi connectivity index (χ4n) is 3.52. The molecule has 0 N–H and O–H groups in total. The first-order valence-corrected chi connectivity index (χ1v) is 10.6. The van der Waals surface area contributed by atoms with Crippen molar-refractivity contribution in [1.29, 1.82) is 0 Å². The fourth-order valence-corrected chi connectivity index (χ4v) is 3.52. The van der Waals surface area contributed by atoms with Crippen LogP contribution in [0.15, 0.2) is 89.7 Å². The lowest BCUT2D eigenvalue weighted by Crippen LogP contribution is -2.19. The smallest absolute Gasteiger partial charge is 0.305 e. The summed E-state index contributed by atoms with van der Waals surface area (Å²) in [4.78, 5) is 23.9. The van der Waals surface area contributed by atoms with Crippen molar-refractivity contribution >= 4 is 5.97 Å². The summed E-state index contributed by atoms with van der Waals surface area (Å²) in [5.74, 6) is 1.12. The number of hydrogen-bond donors (Lipinski definition) is 0. The predicted molar refractivity (Wildman–Crippen MR) is 127 cm³/mol. The third kappa shape index (κ3) is 5.18. The lowest BCUT2D eigenvalue weighted by Gasteiger charge is -2.15. The van der Waals surface area contributed by atoms with Gasteiger partial charge in [0.05, 0.1) is 7.11 Å². The van der Waals surface area contributed by atoms with Crippen LogP contribution in [-0.2, 0) is 23.0 Å². The highest BCUT2D eigenvalue weighted by Crippen LogP contribution is 2.37. The zero-order valence-electron chi connectivity index (χ0n) is 18.5. The van der Waals surface area contributed by atoms with Crippen LogP contribution in [0.25, 0.3) is 22.4 Å². The summed E-state index contributed by atoms with van der Waals surface area (Å²) in [5, 5.41) is 4.58. The summed E-state index contributed by atoms with van der Waals surface area (Å²) >= 11 is 0. The van der Waals surface area contributed by atoms with Gasteiger partial charge in [-0.15, -0.1) is 0 Å². The number of esters is 1. The largest absolute Gasteiger partial charge is 0.469 e. The van der Waals surface area contributed by atoms with E-state index in [4.69, 9.17) is 9.47 Å². The number of para-hydroxylation sites is 2. The van der Waals surface area contributed by atoms with E-state index in [0.29, 0.717) is 35.6 Å². The molecule has 3 aromatic carbocycles. The summed E-state index contributed by atoms with van der Waals surface area (Å²) < 4.78 is 12.2. The maximum atomic E-state index is 12.5. The summed E-state index contributed by atoms with van der Waals surface area (Å²) in [6, 6.07) is 26.5. The number of nitrogens with zero attached hydrogens (tertiary/aromatic N) is 2. The van der Waals surface area contributed by atoms with Gasteiger partial charge in [0.25, 0.3) is 5.56 Å². The number of benzene rings is 3. The van der Waals surface area contributed by atoms with E-state index in [1.54, 1.807) is 13.1 Å². The maximum Gasteiger partial charge on any atom is 0.305 e. The second-order valence-electron chi connectivity index (χ2n) is 7.55. The van der Waals surface area contributed by atoms with Crippen LogP contribution >= 0.6 is 0 Å². The van der Waals surface area contributed by atoms with Crippen LogP contribution in [0.2, 0.25) is 0 Å². The lowest BCUT2D eigenvalue weighted by atomic mass is 9.97. The molecule has 1 aromatic heterocycles. The van der Waals surface area contributed by atoms with Crippen LogP contribution in [0, 0.1) is 0 Å². The molecule has 0 aliphatic rings. The Labute approximate surface area is 192 Å². The predicted octanol–water partition coefficient (Wildman–Crippen LogP) is 5.01. The molecule has 0 radical (unpaired) electrons. The average Bonchev–Trinajstić information content (AvgIpc) is 2.85. The second kappa shape index (κ2) is 9.96. The first-order valence-electron chi connectivity index (χ1n) is 10.6. The van der Waals surface area contributed by atoms with Crippen LogP contribution in [0.5, 0.6) is 11.5 Å². The van der Waals surface area contributed by atoms with Crippen LogP contribution in [0.4, 0.5) is 0 Å². The van der Waals surface area contributed by atoms with E-state index < -0.39 is 0 Å². The Morgan fingerprint density at radius 3 is 2.33 bits per heavy atom. The zero-order chi connectivity index (χ0) is 23.2. The molecule has 0 aliphatic heterocycles. The molecule has 1 heterocycles. The molecule has 6 heteroatoms. The first-order chi connectivity index (χ1) is 16.0. The van der Waals surface area contributed by atoms with Gasteiger partial charge < -0.3 is 9.47 Å². The number of aryl methyl sites for hydroxylation is 2. The Bertz CT molecular complexity index is 1310. The first kappa shape index (κ1) is 22.0. The topological polar surface area (TPSA) is 70.4 Å². The Kier molecular flexibility index (Phi) is 6.64. The molecule has 33 heavy (non-hydrogen) atoms. The molecule has 0 atom stereocenters. The third-order valence-electron chi connectivity index (χ3n) is 5.32. The minimum atomic E-state index is -0.243. The number of ether oxygens (including phenoxy) is 2. The van der Waals surface area contributed by atoms with Gasteiger partial charge in [0.15, 0.2) is 0 Å². The molecular weight excluding hydrogens is 416 g/mol. The lowest BCUT2D eigenvalue weighted by molar-refractivity contribution is -0.140. The average molecular weight is 440 g/mol. The molecule has 0 saturated heterocycles. The summed E-state index contributed by atoms with van der Waals surface area (Å²) in [7, 11) is 3.02. The van der Waals surface area contributed by atoms with Gasteiger partial charge in [-0.2, -0.15) is 5.10 Å². The SMILES string of the molecule is COC(=O)CCc1ccc(-c2cc(=O)n(C)nc2-c2ccccc2Oc2ccccc2)cc1. The molecule has 0 fully saturated rings. The summed E-state index contributed by atoms with van der Waals surface area (Å²) in [6.07, 6.45) is 0.904. The summed E-state index contributed by atoms with van der Waals surface area (Å²) in [6.45, 7) is 0. The van der Waals surface area contributed by atoms with E-state index in [1.165, 1.54) is 11.8 Å². The van der Waals surface area contributed by atoms with Crippen LogP contribution < -0.4 is 10.3 Å². The van der Waals surface area contributed by atoms with Gasteiger partial charge in [-0.05, 0) is 41.8 Å². The highest BCUT2D eigenvalue weighted by molar-refractivity contribution is 5.83. The second-order valence-corrected chi connectivity index (χ2v) is 7.55. The van der Waals surface area contributed by atoms with Gasteiger partial charge in [0.1, 0.15) is 17.2 Å². The van der Waals surface area contributed by atoms with Crippen molar-refractivity contribution in [1.82, 2.24) is 9.78 Å². The maximum absolute atomic E-state index is 12.5.